The molecule has 1 saturated heterocycles. The van der Waals surface area contributed by atoms with Crippen LogP contribution >= 0.6 is 11.8 Å². The normalized spacial score (nSPS) is 24.1. The molecule has 29 heavy (non-hydrogen) atoms. The van der Waals surface area contributed by atoms with Crippen LogP contribution in [0.3, 0.4) is 0 Å². The van der Waals surface area contributed by atoms with Crippen molar-refractivity contribution in [2.75, 3.05) is 18.6 Å². The molecule has 1 aliphatic heterocycles. The number of benzene rings is 1. The lowest BCUT2D eigenvalue weighted by molar-refractivity contribution is -0.0289. The summed E-state index contributed by atoms with van der Waals surface area (Å²) in [5.41, 5.74) is 7.04. The van der Waals surface area contributed by atoms with Crippen LogP contribution in [-0.2, 0) is 9.47 Å². The Kier molecular flexibility index (Phi) is 5.37. The Morgan fingerprint density at radius 2 is 2.14 bits per heavy atom. The zero-order chi connectivity index (χ0) is 20.5. The number of thioether (sulfide) groups is 1. The van der Waals surface area contributed by atoms with Crippen LogP contribution in [0.1, 0.15) is 16.6 Å². The van der Waals surface area contributed by atoms with E-state index in [9.17, 15) is 15.0 Å². The third-order valence-electron chi connectivity index (χ3n) is 4.67. The van der Waals surface area contributed by atoms with Gasteiger partial charge >= 0.3 is 5.97 Å². The lowest BCUT2D eigenvalue weighted by Gasteiger charge is -2.16. The molecule has 1 fully saturated rings. The fraction of sp³-hybridized carbons (Fsp3) is 0.333. The second-order valence-electron chi connectivity index (χ2n) is 6.46. The number of esters is 1. The molecule has 11 heteroatoms. The van der Waals surface area contributed by atoms with Crippen molar-refractivity contribution in [3.63, 3.8) is 0 Å². The highest BCUT2D eigenvalue weighted by atomic mass is 32.2. The summed E-state index contributed by atoms with van der Waals surface area (Å²) in [5, 5.41) is 21.0. The molecule has 0 bridgehead atoms. The Morgan fingerprint density at radius 1 is 1.31 bits per heavy atom. The van der Waals surface area contributed by atoms with Crippen molar-refractivity contribution in [3.05, 3.63) is 42.5 Å². The van der Waals surface area contributed by atoms with Gasteiger partial charge < -0.3 is 25.4 Å². The lowest BCUT2D eigenvalue weighted by Crippen LogP contribution is -2.32. The van der Waals surface area contributed by atoms with Gasteiger partial charge in [-0.2, -0.15) is 0 Å². The molecule has 1 aromatic carbocycles. The average molecular weight is 417 g/mol. The van der Waals surface area contributed by atoms with Crippen molar-refractivity contribution >= 4 is 34.7 Å². The molecule has 3 aromatic rings. The van der Waals surface area contributed by atoms with Gasteiger partial charge in [-0.1, -0.05) is 6.07 Å². The van der Waals surface area contributed by atoms with Crippen molar-refractivity contribution in [3.8, 4) is 0 Å². The van der Waals surface area contributed by atoms with E-state index in [-0.39, 0.29) is 5.82 Å². The molecular formula is C18H19N5O5S. The minimum absolute atomic E-state index is 0.222. The third kappa shape index (κ3) is 3.65. The maximum atomic E-state index is 11.7. The first kappa shape index (κ1) is 19.6. The summed E-state index contributed by atoms with van der Waals surface area (Å²) in [7, 11) is 1.32. The number of aliphatic hydroxyl groups excluding tert-OH is 2. The van der Waals surface area contributed by atoms with Crippen molar-refractivity contribution in [1.82, 2.24) is 19.5 Å². The second-order valence-corrected chi connectivity index (χ2v) is 7.55. The molecule has 0 saturated carbocycles. The van der Waals surface area contributed by atoms with E-state index in [0.29, 0.717) is 22.5 Å². The first-order valence-electron chi connectivity index (χ1n) is 8.75. The molecular weight excluding hydrogens is 398 g/mol. The predicted molar refractivity (Wildman–Crippen MR) is 104 cm³/mol. The number of nitrogen functional groups attached to an aromatic ring is 1. The number of nitrogens with zero attached hydrogens (tertiary/aromatic N) is 4. The van der Waals surface area contributed by atoms with E-state index < -0.39 is 30.5 Å². The Labute approximate surface area is 169 Å². The van der Waals surface area contributed by atoms with Crippen LogP contribution in [-0.4, -0.2) is 66.9 Å². The summed E-state index contributed by atoms with van der Waals surface area (Å²) in [6, 6.07) is 6.96. The molecule has 4 N–H and O–H groups in total. The first-order valence-corrected chi connectivity index (χ1v) is 9.74. The highest BCUT2D eigenvalue weighted by molar-refractivity contribution is 7.99. The van der Waals surface area contributed by atoms with Gasteiger partial charge in [0.25, 0.3) is 0 Å². The number of fused-ring (bicyclic) bond motifs is 1. The van der Waals surface area contributed by atoms with Crippen molar-refractivity contribution in [1.29, 1.82) is 0 Å². The number of imidazole rings is 1. The van der Waals surface area contributed by atoms with Gasteiger partial charge in [-0.15, -0.1) is 11.8 Å². The summed E-state index contributed by atoms with van der Waals surface area (Å²) < 4.78 is 12.2. The molecule has 1 aliphatic rings. The molecule has 0 unspecified atom stereocenters. The molecule has 0 spiro atoms. The van der Waals surface area contributed by atoms with Gasteiger partial charge in [0.15, 0.2) is 17.7 Å². The fourth-order valence-electron chi connectivity index (χ4n) is 3.16. The van der Waals surface area contributed by atoms with Gasteiger partial charge in [-0.3, -0.25) is 4.57 Å². The number of anilines is 1. The maximum Gasteiger partial charge on any atom is 0.337 e. The molecule has 0 radical (unpaired) electrons. The summed E-state index contributed by atoms with van der Waals surface area (Å²) in [4.78, 5) is 24.7. The van der Waals surface area contributed by atoms with Crippen LogP contribution in [0.25, 0.3) is 11.2 Å². The molecule has 4 rings (SSSR count). The number of carbonyl (C=O) groups is 1. The van der Waals surface area contributed by atoms with E-state index in [1.165, 1.54) is 36.1 Å². The van der Waals surface area contributed by atoms with Crippen LogP contribution in [0, 0.1) is 0 Å². The van der Waals surface area contributed by atoms with Crippen molar-refractivity contribution in [2.24, 2.45) is 0 Å². The van der Waals surface area contributed by atoms with E-state index >= 15 is 0 Å². The van der Waals surface area contributed by atoms with Gasteiger partial charge in [0, 0.05) is 10.6 Å². The van der Waals surface area contributed by atoms with Gasteiger partial charge in [-0.25, -0.2) is 19.7 Å². The van der Waals surface area contributed by atoms with Gasteiger partial charge in [0.1, 0.15) is 24.1 Å². The first-order chi connectivity index (χ1) is 14.0. The highest BCUT2D eigenvalue weighted by Crippen LogP contribution is 2.34. The highest BCUT2D eigenvalue weighted by Gasteiger charge is 2.44. The van der Waals surface area contributed by atoms with Gasteiger partial charge in [0.2, 0.25) is 0 Å². The molecule has 152 valence electrons. The Balaban J connectivity index is 1.49. The average Bonchev–Trinajstić information content (AvgIpc) is 3.29. The number of aliphatic hydroxyl groups is 2. The second kappa shape index (κ2) is 7.95. The number of rotatable bonds is 5. The Bertz CT molecular complexity index is 1040. The minimum Gasteiger partial charge on any atom is -0.465 e. The molecule has 4 atom stereocenters. The van der Waals surface area contributed by atoms with E-state index in [4.69, 9.17) is 15.2 Å². The van der Waals surface area contributed by atoms with E-state index in [2.05, 4.69) is 15.0 Å². The van der Waals surface area contributed by atoms with Crippen LogP contribution in [0.2, 0.25) is 0 Å². The number of nitrogens with two attached hydrogens (primary N) is 1. The molecule has 0 amide bonds. The summed E-state index contributed by atoms with van der Waals surface area (Å²) >= 11 is 1.40. The number of hydrogen-bond acceptors (Lipinski definition) is 10. The summed E-state index contributed by atoms with van der Waals surface area (Å²) in [6.07, 6.45) is -1.03. The molecule has 2 aromatic heterocycles. The molecule has 0 aliphatic carbocycles. The number of carbonyl (C=O) groups excluding carboxylic acids is 1. The van der Waals surface area contributed by atoms with Crippen molar-refractivity contribution in [2.45, 2.75) is 29.4 Å². The van der Waals surface area contributed by atoms with Crippen molar-refractivity contribution < 1.29 is 24.5 Å². The SMILES string of the molecule is COC(=O)c1cccc(SC[C@H]2O[C@@H](n3cnc4c(N)ncnc43)[C@H](O)[C@@H]2O)c1. The summed E-state index contributed by atoms with van der Waals surface area (Å²) in [5.74, 6) is 0.163. The number of methoxy groups -OCH3 is 1. The lowest BCUT2D eigenvalue weighted by atomic mass is 10.1. The van der Waals surface area contributed by atoms with Gasteiger partial charge in [0.05, 0.1) is 25.1 Å². The van der Waals surface area contributed by atoms with E-state index in [0.717, 1.165) is 4.90 Å². The third-order valence-corrected chi connectivity index (χ3v) is 5.75. The van der Waals surface area contributed by atoms with E-state index in [1.807, 2.05) is 6.07 Å². The van der Waals surface area contributed by atoms with E-state index in [1.54, 1.807) is 18.2 Å². The summed E-state index contributed by atoms with van der Waals surface area (Å²) in [6.45, 7) is 0. The van der Waals surface area contributed by atoms with Crippen LogP contribution in [0.15, 0.2) is 41.8 Å². The Morgan fingerprint density at radius 3 is 2.93 bits per heavy atom. The van der Waals surface area contributed by atoms with Gasteiger partial charge in [-0.05, 0) is 18.2 Å². The zero-order valence-electron chi connectivity index (χ0n) is 15.4. The Hall–Kier alpha value is -2.73. The quantitative estimate of drug-likeness (QED) is 0.398. The van der Waals surface area contributed by atoms with Crippen LogP contribution in [0.4, 0.5) is 5.82 Å². The molecule has 3 heterocycles. The predicted octanol–water partition coefficient (Wildman–Crippen LogP) is 0.607. The fourth-order valence-corrected chi connectivity index (χ4v) is 4.18. The maximum absolute atomic E-state index is 11.7. The van der Waals surface area contributed by atoms with Crippen LogP contribution in [0.5, 0.6) is 0 Å². The monoisotopic (exact) mass is 417 g/mol. The zero-order valence-corrected chi connectivity index (χ0v) is 16.2. The van der Waals surface area contributed by atoms with Crippen LogP contribution < -0.4 is 5.73 Å². The number of ether oxygens (including phenoxy) is 2. The number of hydrogen-bond donors (Lipinski definition) is 3. The topological polar surface area (TPSA) is 146 Å². The standard InChI is InChI=1S/C18H19N5O5S/c1-27-18(26)9-3-2-4-10(5-9)29-6-11-13(24)14(25)17(28-11)23-8-22-12-15(19)20-7-21-16(12)23/h2-5,7-8,11,13-14,17,24-25H,6H2,1H3,(H2,19,20,21)/t11-,13-,14-,17-/m1/s1. The smallest absolute Gasteiger partial charge is 0.337 e. The molecule has 10 nitrogen and oxygen atoms in total. The number of aromatic nitrogens is 4. The minimum atomic E-state index is -1.17. The largest absolute Gasteiger partial charge is 0.465 e.